The largest absolute Gasteiger partial charge is 0.378 e. The third kappa shape index (κ3) is 2.16. The molecule has 0 bridgehead atoms. The molecule has 1 unspecified atom stereocenters. The molecule has 0 saturated carbocycles. The summed E-state index contributed by atoms with van der Waals surface area (Å²) in [6.45, 7) is 3.07. The van der Waals surface area contributed by atoms with Gasteiger partial charge in [-0.25, -0.2) is 4.68 Å². The van der Waals surface area contributed by atoms with Crippen LogP contribution in [-0.2, 0) is 11.8 Å². The summed E-state index contributed by atoms with van der Waals surface area (Å²) in [5.74, 6) is 0.424. The van der Waals surface area contributed by atoms with Gasteiger partial charge in [0.25, 0.3) is 0 Å². The highest BCUT2D eigenvalue weighted by Crippen LogP contribution is 2.28. The smallest absolute Gasteiger partial charge is 0.333 e. The van der Waals surface area contributed by atoms with E-state index >= 15 is 0 Å². The molecule has 8 heteroatoms. The number of hydrogen-bond donors (Lipinski definition) is 2. The second-order valence-corrected chi connectivity index (χ2v) is 4.35. The minimum Gasteiger partial charge on any atom is -0.378 e. The molecule has 0 radical (unpaired) electrons. The molecule has 1 aliphatic rings. The lowest BCUT2D eigenvalue weighted by Gasteiger charge is -2.19. The molecular weight excluding hydrogens is 238 g/mol. The SMILES string of the molecule is CO[C@H]1CNCC1Nc1c([N+](=O)[O-])c(C)nn1C. The summed E-state index contributed by atoms with van der Waals surface area (Å²) < 4.78 is 6.82. The summed E-state index contributed by atoms with van der Waals surface area (Å²) in [7, 11) is 3.32. The Morgan fingerprint density at radius 3 is 2.94 bits per heavy atom. The van der Waals surface area contributed by atoms with Crippen molar-refractivity contribution in [3.63, 3.8) is 0 Å². The minimum atomic E-state index is -0.408. The number of aromatic nitrogens is 2. The number of hydrogen-bond acceptors (Lipinski definition) is 6. The van der Waals surface area contributed by atoms with E-state index in [1.54, 1.807) is 21.1 Å². The van der Waals surface area contributed by atoms with Crippen molar-refractivity contribution in [2.45, 2.75) is 19.1 Å². The lowest BCUT2D eigenvalue weighted by Crippen LogP contribution is -2.34. The molecular formula is C10H17N5O3. The zero-order chi connectivity index (χ0) is 13.3. The van der Waals surface area contributed by atoms with E-state index in [9.17, 15) is 10.1 Å². The van der Waals surface area contributed by atoms with Gasteiger partial charge in [-0.1, -0.05) is 0 Å². The van der Waals surface area contributed by atoms with Crippen LogP contribution in [0.5, 0.6) is 0 Å². The first-order chi connectivity index (χ1) is 8.54. The Hall–Kier alpha value is -1.67. The first-order valence-corrected chi connectivity index (χ1v) is 5.72. The number of nitrogens with zero attached hydrogens (tertiary/aromatic N) is 3. The number of nitro groups is 1. The predicted octanol–water partition coefficient (Wildman–Crippen LogP) is 0.0354. The molecule has 2 rings (SSSR count). The normalized spacial score (nSPS) is 23.3. The van der Waals surface area contributed by atoms with Crippen molar-refractivity contribution < 1.29 is 9.66 Å². The number of rotatable bonds is 4. The van der Waals surface area contributed by atoms with Gasteiger partial charge < -0.3 is 15.4 Å². The van der Waals surface area contributed by atoms with Gasteiger partial charge in [0.15, 0.2) is 0 Å². The molecule has 1 aromatic rings. The fourth-order valence-corrected chi connectivity index (χ4v) is 2.25. The summed E-state index contributed by atoms with van der Waals surface area (Å²) in [4.78, 5) is 10.6. The summed E-state index contributed by atoms with van der Waals surface area (Å²) in [6.07, 6.45) is -0.000176. The quantitative estimate of drug-likeness (QED) is 0.582. The van der Waals surface area contributed by atoms with Crippen LogP contribution in [0.1, 0.15) is 5.69 Å². The Bertz CT molecular complexity index is 459. The molecule has 2 N–H and O–H groups in total. The van der Waals surface area contributed by atoms with E-state index in [0.717, 1.165) is 6.54 Å². The van der Waals surface area contributed by atoms with Crippen molar-refractivity contribution in [1.82, 2.24) is 15.1 Å². The van der Waals surface area contributed by atoms with E-state index in [1.807, 2.05) is 0 Å². The third-order valence-electron chi connectivity index (χ3n) is 3.16. The number of ether oxygens (including phenoxy) is 1. The molecule has 1 aliphatic heterocycles. The zero-order valence-electron chi connectivity index (χ0n) is 10.6. The van der Waals surface area contributed by atoms with Gasteiger partial charge in [0.05, 0.1) is 17.1 Å². The predicted molar refractivity (Wildman–Crippen MR) is 65.7 cm³/mol. The highest BCUT2D eigenvalue weighted by Gasteiger charge is 2.31. The molecule has 100 valence electrons. The van der Waals surface area contributed by atoms with Crippen LogP contribution in [0.2, 0.25) is 0 Å². The Labute approximate surface area is 104 Å². The molecule has 0 amide bonds. The average molecular weight is 255 g/mol. The van der Waals surface area contributed by atoms with E-state index in [2.05, 4.69) is 15.7 Å². The van der Waals surface area contributed by atoms with Crippen LogP contribution in [0.25, 0.3) is 0 Å². The summed E-state index contributed by atoms with van der Waals surface area (Å²) >= 11 is 0. The van der Waals surface area contributed by atoms with Crippen molar-refractivity contribution in [3.8, 4) is 0 Å². The van der Waals surface area contributed by atoms with Crippen molar-refractivity contribution in [1.29, 1.82) is 0 Å². The molecule has 2 atom stereocenters. The zero-order valence-corrected chi connectivity index (χ0v) is 10.6. The number of methoxy groups -OCH3 is 1. The van der Waals surface area contributed by atoms with Crippen LogP contribution in [0.4, 0.5) is 11.5 Å². The molecule has 0 spiro atoms. The van der Waals surface area contributed by atoms with E-state index in [1.165, 1.54) is 4.68 Å². The van der Waals surface area contributed by atoms with Gasteiger partial charge >= 0.3 is 5.69 Å². The number of anilines is 1. The topological polar surface area (TPSA) is 94.2 Å². The Balaban J connectivity index is 2.26. The lowest BCUT2D eigenvalue weighted by atomic mass is 10.2. The number of aryl methyl sites for hydroxylation is 2. The standard InChI is InChI=1S/C10H17N5O3/c1-6-9(15(16)17)10(14(2)13-6)12-7-4-11-5-8(7)18-3/h7-8,11-12H,4-5H2,1-3H3/t7?,8-/m0/s1. The summed E-state index contributed by atoms with van der Waals surface area (Å²) in [5, 5.41) is 21.5. The van der Waals surface area contributed by atoms with E-state index in [0.29, 0.717) is 18.1 Å². The van der Waals surface area contributed by atoms with Gasteiger partial charge in [-0.3, -0.25) is 10.1 Å². The van der Waals surface area contributed by atoms with Gasteiger partial charge in [-0.15, -0.1) is 0 Å². The van der Waals surface area contributed by atoms with Gasteiger partial charge in [0.2, 0.25) is 5.82 Å². The van der Waals surface area contributed by atoms with E-state index in [4.69, 9.17) is 4.74 Å². The third-order valence-corrected chi connectivity index (χ3v) is 3.16. The minimum absolute atomic E-state index is 0.000176. The summed E-state index contributed by atoms with van der Waals surface area (Å²) in [5.41, 5.74) is 0.434. The van der Waals surface area contributed by atoms with Crippen LogP contribution in [0.15, 0.2) is 0 Å². The van der Waals surface area contributed by atoms with E-state index in [-0.39, 0.29) is 17.8 Å². The first kappa shape index (κ1) is 12.8. The van der Waals surface area contributed by atoms with Crippen molar-refractivity contribution in [2.24, 2.45) is 7.05 Å². The highest BCUT2D eigenvalue weighted by atomic mass is 16.6. The molecule has 2 heterocycles. The van der Waals surface area contributed by atoms with Crippen LogP contribution in [-0.4, -0.2) is 47.0 Å². The molecule has 0 aliphatic carbocycles. The molecule has 1 aromatic heterocycles. The van der Waals surface area contributed by atoms with Crippen molar-refractivity contribution >= 4 is 11.5 Å². The highest BCUT2D eigenvalue weighted by molar-refractivity contribution is 5.60. The maximum atomic E-state index is 11.0. The second kappa shape index (κ2) is 4.91. The molecule has 1 fully saturated rings. The summed E-state index contributed by atoms with van der Waals surface area (Å²) in [6, 6.07) is 0.00324. The van der Waals surface area contributed by atoms with Gasteiger partial charge in [-0.2, -0.15) is 5.10 Å². The van der Waals surface area contributed by atoms with Crippen molar-refractivity contribution in [2.75, 3.05) is 25.5 Å². The lowest BCUT2D eigenvalue weighted by molar-refractivity contribution is -0.384. The maximum Gasteiger partial charge on any atom is 0.333 e. The van der Waals surface area contributed by atoms with Gasteiger partial charge in [0, 0.05) is 27.2 Å². The number of nitrogens with one attached hydrogen (secondary N) is 2. The van der Waals surface area contributed by atoms with Gasteiger partial charge in [-0.05, 0) is 6.92 Å². The fourth-order valence-electron chi connectivity index (χ4n) is 2.25. The Morgan fingerprint density at radius 2 is 2.33 bits per heavy atom. The van der Waals surface area contributed by atoms with Crippen LogP contribution in [0.3, 0.4) is 0 Å². The fraction of sp³-hybridized carbons (Fsp3) is 0.700. The Kier molecular flexibility index (Phi) is 3.48. The Morgan fingerprint density at radius 1 is 1.61 bits per heavy atom. The molecule has 18 heavy (non-hydrogen) atoms. The van der Waals surface area contributed by atoms with Crippen LogP contribution >= 0.6 is 0 Å². The first-order valence-electron chi connectivity index (χ1n) is 5.72. The van der Waals surface area contributed by atoms with Crippen molar-refractivity contribution in [3.05, 3.63) is 15.8 Å². The second-order valence-electron chi connectivity index (χ2n) is 4.35. The van der Waals surface area contributed by atoms with Crippen LogP contribution < -0.4 is 10.6 Å². The van der Waals surface area contributed by atoms with E-state index < -0.39 is 4.92 Å². The van der Waals surface area contributed by atoms with Crippen LogP contribution in [0, 0.1) is 17.0 Å². The molecule has 1 saturated heterocycles. The monoisotopic (exact) mass is 255 g/mol. The molecule has 0 aromatic carbocycles. The maximum absolute atomic E-state index is 11.0. The average Bonchev–Trinajstić information content (AvgIpc) is 2.84. The molecule has 8 nitrogen and oxygen atoms in total. The van der Waals surface area contributed by atoms with Gasteiger partial charge in [0.1, 0.15) is 5.69 Å².